The summed E-state index contributed by atoms with van der Waals surface area (Å²) in [5.74, 6) is 0.555. The Bertz CT molecular complexity index is 321. The van der Waals surface area contributed by atoms with Gasteiger partial charge in [0.1, 0.15) is 0 Å². The number of thiophene rings is 1. The van der Waals surface area contributed by atoms with Crippen LogP contribution in [0.5, 0.6) is 0 Å². The summed E-state index contributed by atoms with van der Waals surface area (Å²) in [4.78, 5) is 1.28. The summed E-state index contributed by atoms with van der Waals surface area (Å²) < 4.78 is 1.14. The van der Waals surface area contributed by atoms with Gasteiger partial charge in [-0.2, -0.15) is 0 Å². The molecule has 0 saturated carbocycles. The van der Waals surface area contributed by atoms with E-state index in [9.17, 15) is 5.11 Å². The highest BCUT2D eigenvalue weighted by Crippen LogP contribution is 2.33. The zero-order valence-electron chi connectivity index (χ0n) is 9.87. The monoisotopic (exact) mass is 305 g/mol. The fraction of sp³-hybridized carbons (Fsp3) is 0.667. The van der Waals surface area contributed by atoms with Gasteiger partial charge in [0.25, 0.3) is 0 Å². The van der Waals surface area contributed by atoms with Crippen molar-refractivity contribution in [2.75, 3.05) is 13.2 Å². The second-order valence-electron chi connectivity index (χ2n) is 4.84. The van der Waals surface area contributed by atoms with Gasteiger partial charge in [-0.25, -0.2) is 0 Å². The summed E-state index contributed by atoms with van der Waals surface area (Å²) in [7, 11) is 0. The molecule has 0 amide bonds. The van der Waals surface area contributed by atoms with Crippen LogP contribution in [0, 0.1) is 11.3 Å². The largest absolute Gasteiger partial charge is 0.396 e. The first-order chi connectivity index (χ1) is 7.51. The highest BCUT2D eigenvalue weighted by Gasteiger charge is 2.29. The highest BCUT2D eigenvalue weighted by molar-refractivity contribution is 9.11. The topological polar surface area (TPSA) is 46.2 Å². The van der Waals surface area contributed by atoms with E-state index in [2.05, 4.69) is 35.8 Å². The first-order valence-electron chi connectivity index (χ1n) is 5.56. The van der Waals surface area contributed by atoms with Crippen molar-refractivity contribution in [3.05, 3.63) is 20.8 Å². The molecule has 1 atom stereocenters. The molecule has 0 spiro atoms. The predicted molar refractivity (Wildman–Crippen MR) is 73.8 cm³/mol. The van der Waals surface area contributed by atoms with E-state index in [1.54, 1.807) is 11.3 Å². The van der Waals surface area contributed by atoms with E-state index >= 15 is 0 Å². The van der Waals surface area contributed by atoms with Gasteiger partial charge in [0.15, 0.2) is 0 Å². The number of halogens is 1. The maximum absolute atomic E-state index is 9.61. The number of nitrogens with two attached hydrogens (primary N) is 1. The average molecular weight is 306 g/mol. The van der Waals surface area contributed by atoms with Crippen LogP contribution in [0.4, 0.5) is 0 Å². The molecule has 1 unspecified atom stereocenters. The SMILES string of the molecule is CC(C)CC(CN)(CO)Cc1ccc(Br)s1. The van der Waals surface area contributed by atoms with E-state index in [1.807, 2.05) is 6.07 Å². The molecule has 0 aliphatic carbocycles. The third-order valence-corrected chi connectivity index (χ3v) is 4.41. The van der Waals surface area contributed by atoms with Crippen LogP contribution in [-0.4, -0.2) is 18.3 Å². The summed E-state index contributed by atoms with van der Waals surface area (Å²) in [5, 5.41) is 9.61. The Morgan fingerprint density at radius 3 is 2.56 bits per heavy atom. The third-order valence-electron chi connectivity index (χ3n) is 2.79. The van der Waals surface area contributed by atoms with Crippen molar-refractivity contribution >= 4 is 27.3 Å². The first-order valence-corrected chi connectivity index (χ1v) is 7.17. The standard InChI is InChI=1S/C12H20BrNOS/c1-9(2)5-12(7-14,8-15)6-10-3-4-11(13)16-10/h3-4,9,15H,5-8,14H2,1-2H3. The summed E-state index contributed by atoms with van der Waals surface area (Å²) in [6, 6.07) is 4.16. The molecule has 0 aromatic carbocycles. The van der Waals surface area contributed by atoms with Gasteiger partial charge >= 0.3 is 0 Å². The zero-order valence-corrected chi connectivity index (χ0v) is 12.3. The molecule has 1 aromatic rings. The van der Waals surface area contributed by atoms with Gasteiger partial charge in [-0.15, -0.1) is 11.3 Å². The Morgan fingerprint density at radius 2 is 2.19 bits per heavy atom. The summed E-state index contributed by atoms with van der Waals surface area (Å²) in [6.07, 6.45) is 1.84. The molecular weight excluding hydrogens is 286 g/mol. The molecule has 1 rings (SSSR count). The third kappa shape index (κ3) is 3.84. The molecule has 1 aromatic heterocycles. The van der Waals surface area contributed by atoms with E-state index in [-0.39, 0.29) is 12.0 Å². The Balaban J connectivity index is 2.77. The molecule has 92 valence electrons. The Morgan fingerprint density at radius 1 is 1.50 bits per heavy atom. The van der Waals surface area contributed by atoms with Crippen molar-refractivity contribution in [3.8, 4) is 0 Å². The lowest BCUT2D eigenvalue weighted by Crippen LogP contribution is -2.37. The van der Waals surface area contributed by atoms with Crippen LogP contribution in [-0.2, 0) is 6.42 Å². The van der Waals surface area contributed by atoms with Gasteiger partial charge in [-0.05, 0) is 46.8 Å². The van der Waals surface area contributed by atoms with Gasteiger partial charge in [0.2, 0.25) is 0 Å². The maximum Gasteiger partial charge on any atom is 0.0701 e. The van der Waals surface area contributed by atoms with Crippen LogP contribution >= 0.6 is 27.3 Å². The van der Waals surface area contributed by atoms with Crippen LogP contribution in [0.15, 0.2) is 15.9 Å². The van der Waals surface area contributed by atoms with E-state index in [1.165, 1.54) is 4.88 Å². The second-order valence-corrected chi connectivity index (χ2v) is 7.39. The van der Waals surface area contributed by atoms with Crippen molar-refractivity contribution in [3.63, 3.8) is 0 Å². The number of aliphatic hydroxyl groups excluding tert-OH is 1. The first kappa shape index (κ1) is 14.2. The van der Waals surface area contributed by atoms with Crippen LogP contribution in [0.3, 0.4) is 0 Å². The van der Waals surface area contributed by atoms with E-state index in [4.69, 9.17) is 5.73 Å². The number of aliphatic hydroxyl groups is 1. The molecule has 16 heavy (non-hydrogen) atoms. The fourth-order valence-electron chi connectivity index (χ4n) is 2.10. The molecule has 2 nitrogen and oxygen atoms in total. The van der Waals surface area contributed by atoms with Gasteiger partial charge in [0.05, 0.1) is 10.4 Å². The van der Waals surface area contributed by atoms with Crippen LogP contribution in [0.1, 0.15) is 25.1 Å². The van der Waals surface area contributed by atoms with Gasteiger partial charge in [0, 0.05) is 16.8 Å². The molecule has 4 heteroatoms. The highest BCUT2D eigenvalue weighted by atomic mass is 79.9. The molecule has 1 heterocycles. The smallest absolute Gasteiger partial charge is 0.0701 e. The summed E-state index contributed by atoms with van der Waals surface area (Å²) in [6.45, 7) is 5.04. The summed E-state index contributed by atoms with van der Waals surface area (Å²) >= 11 is 5.18. The number of rotatable bonds is 6. The lowest BCUT2D eigenvalue weighted by Gasteiger charge is -2.31. The average Bonchev–Trinajstić information content (AvgIpc) is 2.62. The molecule has 0 fully saturated rings. The van der Waals surface area contributed by atoms with Crippen molar-refractivity contribution in [1.82, 2.24) is 0 Å². The van der Waals surface area contributed by atoms with Gasteiger partial charge in [-0.1, -0.05) is 13.8 Å². The minimum atomic E-state index is -0.154. The van der Waals surface area contributed by atoms with Gasteiger partial charge < -0.3 is 10.8 Å². The van der Waals surface area contributed by atoms with Crippen molar-refractivity contribution in [2.45, 2.75) is 26.7 Å². The van der Waals surface area contributed by atoms with Crippen LogP contribution in [0.2, 0.25) is 0 Å². The quantitative estimate of drug-likeness (QED) is 0.848. The molecular formula is C12H20BrNOS. The second kappa shape index (κ2) is 6.15. The van der Waals surface area contributed by atoms with E-state index in [0.29, 0.717) is 12.5 Å². The Kier molecular flexibility index (Phi) is 5.44. The normalized spacial score (nSPS) is 15.4. The van der Waals surface area contributed by atoms with Crippen molar-refractivity contribution in [1.29, 1.82) is 0 Å². The molecule has 0 bridgehead atoms. The molecule has 0 saturated heterocycles. The van der Waals surface area contributed by atoms with Crippen molar-refractivity contribution in [2.24, 2.45) is 17.1 Å². The van der Waals surface area contributed by atoms with Gasteiger partial charge in [-0.3, -0.25) is 0 Å². The Labute approximate surface area is 110 Å². The minimum Gasteiger partial charge on any atom is -0.396 e. The predicted octanol–water partition coefficient (Wildman–Crippen LogP) is 3.04. The molecule has 0 aliphatic rings. The zero-order chi connectivity index (χ0) is 12.2. The molecule has 3 N–H and O–H groups in total. The molecule has 0 aliphatic heterocycles. The number of hydrogen-bond donors (Lipinski definition) is 2. The lowest BCUT2D eigenvalue weighted by molar-refractivity contribution is 0.109. The van der Waals surface area contributed by atoms with Crippen LogP contribution < -0.4 is 5.73 Å². The number of hydrogen-bond acceptors (Lipinski definition) is 3. The van der Waals surface area contributed by atoms with E-state index < -0.39 is 0 Å². The lowest BCUT2D eigenvalue weighted by atomic mass is 9.77. The maximum atomic E-state index is 9.61. The minimum absolute atomic E-state index is 0.154. The fourth-order valence-corrected chi connectivity index (χ4v) is 3.75. The van der Waals surface area contributed by atoms with E-state index in [0.717, 1.165) is 16.6 Å². The summed E-state index contributed by atoms with van der Waals surface area (Å²) in [5.41, 5.74) is 5.70. The van der Waals surface area contributed by atoms with Crippen LogP contribution in [0.25, 0.3) is 0 Å². The molecule has 0 radical (unpaired) electrons. The Hall–Kier alpha value is 0.1000. The van der Waals surface area contributed by atoms with Crippen molar-refractivity contribution < 1.29 is 5.11 Å².